The summed E-state index contributed by atoms with van der Waals surface area (Å²) < 4.78 is 12.7. The summed E-state index contributed by atoms with van der Waals surface area (Å²) in [6.45, 7) is 5.30. The van der Waals surface area contributed by atoms with Crippen LogP contribution in [0, 0.1) is 0 Å². The minimum absolute atomic E-state index is 0.265. The summed E-state index contributed by atoms with van der Waals surface area (Å²) in [4.78, 5) is 2.46. The zero-order valence-corrected chi connectivity index (χ0v) is 16.5. The number of piperidine rings is 1. The standard InChI is InChI=1S/C22H28N4O2/c1-17(18-14-23-26(15-18)20-5-3-6-21(13-20)27-2)24-19-8-10-25(11-9-19)16-22-7-4-12-28-22/h3-7,12-15,17,19,24H,8-11,16H2,1-2H3. The minimum Gasteiger partial charge on any atom is -0.497 e. The molecule has 1 unspecified atom stereocenters. The lowest BCUT2D eigenvalue weighted by molar-refractivity contribution is 0.174. The summed E-state index contributed by atoms with van der Waals surface area (Å²) >= 11 is 0. The Bertz CT molecular complexity index is 866. The molecule has 0 radical (unpaired) electrons. The van der Waals surface area contributed by atoms with Gasteiger partial charge in [-0.2, -0.15) is 5.10 Å². The van der Waals surface area contributed by atoms with Crippen LogP contribution in [0.3, 0.4) is 0 Å². The van der Waals surface area contributed by atoms with Gasteiger partial charge in [-0.15, -0.1) is 0 Å². The third-order valence-corrected chi connectivity index (χ3v) is 5.45. The summed E-state index contributed by atoms with van der Waals surface area (Å²) in [7, 11) is 1.68. The molecule has 0 aliphatic carbocycles. The summed E-state index contributed by atoms with van der Waals surface area (Å²) in [5.74, 6) is 1.88. The lowest BCUT2D eigenvalue weighted by atomic mass is 10.0. The fraction of sp³-hybridized carbons (Fsp3) is 0.409. The highest BCUT2D eigenvalue weighted by Crippen LogP contribution is 2.21. The highest BCUT2D eigenvalue weighted by molar-refractivity contribution is 5.39. The van der Waals surface area contributed by atoms with E-state index in [1.54, 1.807) is 13.4 Å². The highest BCUT2D eigenvalue weighted by atomic mass is 16.5. The van der Waals surface area contributed by atoms with E-state index in [2.05, 4.69) is 28.4 Å². The number of ether oxygens (including phenoxy) is 1. The molecule has 1 aliphatic rings. The van der Waals surface area contributed by atoms with E-state index in [4.69, 9.17) is 9.15 Å². The molecule has 0 bridgehead atoms. The quantitative estimate of drug-likeness (QED) is 0.676. The number of aromatic nitrogens is 2. The number of methoxy groups -OCH3 is 1. The Labute approximate surface area is 166 Å². The van der Waals surface area contributed by atoms with E-state index in [1.165, 1.54) is 5.56 Å². The predicted molar refractivity (Wildman–Crippen MR) is 109 cm³/mol. The molecule has 1 atom stereocenters. The minimum atomic E-state index is 0.265. The van der Waals surface area contributed by atoms with Gasteiger partial charge in [-0.3, -0.25) is 4.90 Å². The van der Waals surface area contributed by atoms with E-state index in [1.807, 2.05) is 47.3 Å². The molecule has 1 aromatic carbocycles. The molecule has 3 aromatic rings. The van der Waals surface area contributed by atoms with Gasteiger partial charge < -0.3 is 14.5 Å². The van der Waals surface area contributed by atoms with Gasteiger partial charge in [0.15, 0.2) is 0 Å². The molecule has 2 aromatic heterocycles. The van der Waals surface area contributed by atoms with E-state index in [0.717, 1.165) is 49.7 Å². The molecule has 1 N–H and O–H groups in total. The van der Waals surface area contributed by atoms with Crippen molar-refractivity contribution in [3.05, 3.63) is 66.4 Å². The van der Waals surface area contributed by atoms with Crippen molar-refractivity contribution in [3.8, 4) is 11.4 Å². The van der Waals surface area contributed by atoms with Crippen molar-refractivity contribution >= 4 is 0 Å². The Morgan fingerprint density at radius 3 is 2.86 bits per heavy atom. The first-order valence-electron chi connectivity index (χ1n) is 9.91. The van der Waals surface area contributed by atoms with E-state index in [0.29, 0.717) is 6.04 Å². The van der Waals surface area contributed by atoms with Gasteiger partial charge in [0, 0.05) is 43.0 Å². The number of benzene rings is 1. The van der Waals surface area contributed by atoms with Crippen LogP contribution in [0.5, 0.6) is 5.75 Å². The summed E-state index contributed by atoms with van der Waals surface area (Å²) in [6.07, 6.45) is 8.09. The number of hydrogen-bond acceptors (Lipinski definition) is 5. The molecule has 1 saturated heterocycles. The van der Waals surface area contributed by atoms with Gasteiger partial charge in [0.05, 0.1) is 31.8 Å². The van der Waals surface area contributed by atoms with Gasteiger partial charge in [0.1, 0.15) is 11.5 Å². The molecule has 0 amide bonds. The molecule has 0 spiro atoms. The number of nitrogens with one attached hydrogen (secondary N) is 1. The van der Waals surface area contributed by atoms with Crippen molar-refractivity contribution in [2.45, 2.75) is 38.4 Å². The van der Waals surface area contributed by atoms with Crippen LogP contribution in [0.15, 0.2) is 59.5 Å². The van der Waals surface area contributed by atoms with Crippen LogP contribution >= 0.6 is 0 Å². The zero-order chi connectivity index (χ0) is 19.3. The van der Waals surface area contributed by atoms with E-state index in [9.17, 15) is 0 Å². The second-order valence-electron chi connectivity index (χ2n) is 7.44. The average Bonchev–Trinajstić information content (AvgIpc) is 3.42. The fourth-order valence-electron chi connectivity index (χ4n) is 3.78. The number of rotatable bonds is 7. The maximum absolute atomic E-state index is 5.46. The Kier molecular flexibility index (Phi) is 5.78. The molecule has 0 saturated carbocycles. The lowest BCUT2D eigenvalue weighted by Gasteiger charge is -2.33. The SMILES string of the molecule is COc1cccc(-n2cc(C(C)NC3CCN(Cc4ccco4)CC3)cn2)c1. The fourth-order valence-corrected chi connectivity index (χ4v) is 3.78. The van der Waals surface area contributed by atoms with Crippen LogP contribution in [-0.2, 0) is 6.54 Å². The molecule has 1 fully saturated rings. The number of likely N-dealkylation sites (tertiary alicyclic amines) is 1. The maximum Gasteiger partial charge on any atom is 0.121 e. The molecule has 1 aliphatic heterocycles. The van der Waals surface area contributed by atoms with Crippen molar-refractivity contribution in [1.29, 1.82) is 0 Å². The number of furan rings is 1. The van der Waals surface area contributed by atoms with Gasteiger partial charge in [0.2, 0.25) is 0 Å². The van der Waals surface area contributed by atoms with Crippen LogP contribution in [-0.4, -0.2) is 40.9 Å². The van der Waals surface area contributed by atoms with Gasteiger partial charge in [0.25, 0.3) is 0 Å². The Balaban J connectivity index is 1.31. The monoisotopic (exact) mass is 380 g/mol. The van der Waals surface area contributed by atoms with Crippen LogP contribution in [0.1, 0.15) is 37.1 Å². The van der Waals surface area contributed by atoms with E-state index in [-0.39, 0.29) is 6.04 Å². The normalized spacial score (nSPS) is 16.9. The van der Waals surface area contributed by atoms with Crippen molar-refractivity contribution < 1.29 is 9.15 Å². The number of nitrogens with zero attached hydrogens (tertiary/aromatic N) is 3. The summed E-state index contributed by atoms with van der Waals surface area (Å²) in [6, 6.07) is 12.7. The van der Waals surface area contributed by atoms with Crippen molar-refractivity contribution in [2.24, 2.45) is 0 Å². The van der Waals surface area contributed by atoms with Crippen LogP contribution in [0.25, 0.3) is 5.69 Å². The molecule has 28 heavy (non-hydrogen) atoms. The third kappa shape index (κ3) is 4.46. The number of hydrogen-bond donors (Lipinski definition) is 1. The van der Waals surface area contributed by atoms with Crippen LogP contribution in [0.2, 0.25) is 0 Å². The van der Waals surface area contributed by atoms with Gasteiger partial charge >= 0.3 is 0 Å². The van der Waals surface area contributed by atoms with Gasteiger partial charge in [-0.1, -0.05) is 6.07 Å². The first kappa shape index (κ1) is 18.8. The largest absolute Gasteiger partial charge is 0.497 e. The van der Waals surface area contributed by atoms with Gasteiger partial charge in [-0.05, 0) is 44.0 Å². The molecule has 6 heteroatoms. The Hall–Kier alpha value is -2.57. The molecule has 4 rings (SSSR count). The Morgan fingerprint density at radius 1 is 1.25 bits per heavy atom. The zero-order valence-electron chi connectivity index (χ0n) is 16.5. The first-order valence-corrected chi connectivity index (χ1v) is 9.91. The molecule has 3 heterocycles. The van der Waals surface area contributed by atoms with Crippen molar-refractivity contribution in [1.82, 2.24) is 20.0 Å². The predicted octanol–water partition coefficient (Wildman–Crippen LogP) is 3.79. The third-order valence-electron chi connectivity index (χ3n) is 5.45. The van der Waals surface area contributed by atoms with Crippen molar-refractivity contribution in [3.63, 3.8) is 0 Å². The second-order valence-corrected chi connectivity index (χ2v) is 7.44. The smallest absolute Gasteiger partial charge is 0.121 e. The molecular weight excluding hydrogens is 352 g/mol. The second kappa shape index (κ2) is 8.63. The topological polar surface area (TPSA) is 55.5 Å². The van der Waals surface area contributed by atoms with Gasteiger partial charge in [-0.25, -0.2) is 4.68 Å². The average molecular weight is 380 g/mol. The molecule has 6 nitrogen and oxygen atoms in total. The highest BCUT2D eigenvalue weighted by Gasteiger charge is 2.22. The van der Waals surface area contributed by atoms with E-state index >= 15 is 0 Å². The summed E-state index contributed by atoms with van der Waals surface area (Å²) in [5, 5.41) is 8.31. The first-order chi connectivity index (χ1) is 13.7. The Morgan fingerprint density at radius 2 is 2.11 bits per heavy atom. The molecular formula is C22H28N4O2. The van der Waals surface area contributed by atoms with E-state index < -0.39 is 0 Å². The maximum atomic E-state index is 5.46. The molecule has 148 valence electrons. The van der Waals surface area contributed by atoms with Crippen LogP contribution < -0.4 is 10.1 Å². The van der Waals surface area contributed by atoms with Crippen molar-refractivity contribution in [2.75, 3.05) is 20.2 Å². The summed E-state index contributed by atoms with van der Waals surface area (Å²) in [5.41, 5.74) is 2.20. The lowest BCUT2D eigenvalue weighted by Crippen LogP contribution is -2.42. The van der Waals surface area contributed by atoms with Crippen LogP contribution in [0.4, 0.5) is 0 Å².